The Bertz CT molecular complexity index is 1210. The molecule has 1 aliphatic heterocycles. The Morgan fingerprint density at radius 2 is 2.09 bits per heavy atom. The Morgan fingerprint density at radius 3 is 2.80 bits per heavy atom. The molecule has 4 rings (SSSR count). The third kappa shape index (κ3) is 5.78. The van der Waals surface area contributed by atoms with Gasteiger partial charge in [0.15, 0.2) is 5.69 Å². The molecule has 7 heteroatoms. The van der Waals surface area contributed by atoms with E-state index >= 15 is 0 Å². The monoisotopic (exact) mass is 472 g/mol. The van der Waals surface area contributed by atoms with Crippen LogP contribution in [0.2, 0.25) is 0 Å². The van der Waals surface area contributed by atoms with Gasteiger partial charge in [0, 0.05) is 37.9 Å². The number of nitrogens with one attached hydrogen (secondary N) is 1. The van der Waals surface area contributed by atoms with Crippen LogP contribution in [0.4, 0.5) is 0 Å². The molecular weight excluding hydrogens is 436 g/mol. The highest BCUT2D eigenvalue weighted by molar-refractivity contribution is 5.91. The lowest BCUT2D eigenvalue weighted by Gasteiger charge is -2.33. The zero-order chi connectivity index (χ0) is 25.0. The number of nitrogens with zero attached hydrogens (tertiary/aromatic N) is 5. The molecule has 35 heavy (non-hydrogen) atoms. The fourth-order valence-corrected chi connectivity index (χ4v) is 4.62. The van der Waals surface area contributed by atoms with Gasteiger partial charge < -0.3 is 10.2 Å². The van der Waals surface area contributed by atoms with E-state index in [2.05, 4.69) is 75.9 Å². The van der Waals surface area contributed by atoms with Gasteiger partial charge in [0.1, 0.15) is 0 Å². The number of hydrogen-bond acceptors (Lipinski definition) is 5. The van der Waals surface area contributed by atoms with Crippen LogP contribution in [0.5, 0.6) is 0 Å². The summed E-state index contributed by atoms with van der Waals surface area (Å²) in [7, 11) is 0. The number of piperidine rings is 1. The van der Waals surface area contributed by atoms with Gasteiger partial charge in [-0.05, 0) is 87.5 Å². The lowest BCUT2D eigenvalue weighted by atomic mass is 9.86. The molecule has 1 amide bonds. The van der Waals surface area contributed by atoms with Crippen LogP contribution in [0, 0.1) is 6.92 Å². The summed E-state index contributed by atoms with van der Waals surface area (Å²) in [4.78, 5) is 19.5. The summed E-state index contributed by atoms with van der Waals surface area (Å²) >= 11 is 0. The Labute approximate surface area is 208 Å². The van der Waals surface area contributed by atoms with Crippen LogP contribution in [0.1, 0.15) is 73.6 Å². The van der Waals surface area contributed by atoms with Gasteiger partial charge in [0.05, 0.1) is 11.7 Å². The summed E-state index contributed by atoms with van der Waals surface area (Å²) < 4.78 is 1.71. The molecule has 0 unspecified atom stereocenters. The normalized spacial score (nSPS) is 16.6. The SMILES string of the molecule is CC=CN1CCC[C@@H](c2cnccc2-c2ccc(CNC(=O)c3cn(C(C)(C)C)nn3)c(C)c2)C1. The molecule has 7 nitrogen and oxygen atoms in total. The number of aromatic nitrogens is 4. The zero-order valence-corrected chi connectivity index (χ0v) is 21.5. The second-order valence-electron chi connectivity index (χ2n) is 10.3. The van der Waals surface area contributed by atoms with Crippen molar-refractivity contribution in [2.75, 3.05) is 13.1 Å². The summed E-state index contributed by atoms with van der Waals surface area (Å²) in [5.74, 6) is 0.243. The van der Waals surface area contributed by atoms with Crippen LogP contribution in [0.15, 0.2) is 55.1 Å². The summed E-state index contributed by atoms with van der Waals surface area (Å²) in [6, 6.07) is 8.59. The molecule has 3 aromatic rings. The number of amides is 1. The van der Waals surface area contributed by atoms with Crippen molar-refractivity contribution in [3.05, 3.63) is 77.5 Å². The molecule has 2 aromatic heterocycles. The fourth-order valence-electron chi connectivity index (χ4n) is 4.62. The minimum absolute atomic E-state index is 0.216. The van der Waals surface area contributed by atoms with Gasteiger partial charge in [-0.3, -0.25) is 9.78 Å². The van der Waals surface area contributed by atoms with E-state index in [1.165, 1.54) is 29.5 Å². The highest BCUT2D eigenvalue weighted by Gasteiger charge is 2.23. The van der Waals surface area contributed by atoms with E-state index < -0.39 is 0 Å². The summed E-state index contributed by atoms with van der Waals surface area (Å²) in [6.07, 6.45) is 12.3. The molecule has 0 radical (unpaired) electrons. The van der Waals surface area contributed by atoms with Gasteiger partial charge in [-0.25, -0.2) is 4.68 Å². The van der Waals surface area contributed by atoms with E-state index in [4.69, 9.17) is 0 Å². The fraction of sp³-hybridized carbons (Fsp3) is 0.429. The van der Waals surface area contributed by atoms with Crippen molar-refractivity contribution in [3.63, 3.8) is 0 Å². The van der Waals surface area contributed by atoms with E-state index in [0.717, 1.165) is 24.2 Å². The molecule has 0 saturated carbocycles. The first kappa shape index (κ1) is 24.6. The van der Waals surface area contributed by atoms with E-state index in [9.17, 15) is 4.79 Å². The van der Waals surface area contributed by atoms with Crippen LogP contribution < -0.4 is 5.32 Å². The minimum atomic E-state index is -0.219. The maximum absolute atomic E-state index is 12.6. The van der Waals surface area contributed by atoms with Crippen LogP contribution in [-0.4, -0.2) is 43.9 Å². The van der Waals surface area contributed by atoms with E-state index in [0.29, 0.717) is 18.2 Å². The number of carbonyl (C=O) groups excluding carboxylic acids is 1. The number of hydrogen-bond donors (Lipinski definition) is 1. The van der Waals surface area contributed by atoms with Crippen LogP contribution in [0.25, 0.3) is 11.1 Å². The van der Waals surface area contributed by atoms with Crippen molar-refractivity contribution < 1.29 is 4.79 Å². The average molecular weight is 473 g/mol. The van der Waals surface area contributed by atoms with E-state index in [-0.39, 0.29) is 11.4 Å². The first-order chi connectivity index (χ1) is 16.8. The molecule has 1 atom stereocenters. The van der Waals surface area contributed by atoms with Gasteiger partial charge in [-0.1, -0.05) is 29.5 Å². The quantitative estimate of drug-likeness (QED) is 0.544. The molecule has 1 N–H and O–H groups in total. The lowest BCUT2D eigenvalue weighted by molar-refractivity contribution is 0.0945. The Kier molecular flexibility index (Phi) is 7.34. The standard InChI is InChI=1S/C28H36N6O/c1-6-13-33-14-7-8-23(18-33)25-17-29-12-11-24(25)21-9-10-22(20(2)15-21)16-30-27(35)26-19-34(32-31-26)28(3,4)5/h6,9-13,15,17,19,23H,7-8,14,16,18H2,1-5H3,(H,30,35)/t23-/m1/s1. The zero-order valence-electron chi connectivity index (χ0n) is 21.5. The topological polar surface area (TPSA) is 75.9 Å². The predicted octanol–water partition coefficient (Wildman–Crippen LogP) is 5.05. The average Bonchev–Trinajstić information content (AvgIpc) is 3.35. The maximum Gasteiger partial charge on any atom is 0.273 e. The first-order valence-electron chi connectivity index (χ1n) is 12.4. The lowest BCUT2D eigenvalue weighted by Crippen LogP contribution is -2.30. The molecule has 1 fully saturated rings. The van der Waals surface area contributed by atoms with Crippen molar-refractivity contribution in [1.82, 2.24) is 30.2 Å². The maximum atomic E-state index is 12.6. The van der Waals surface area contributed by atoms with Crippen LogP contribution in [-0.2, 0) is 12.1 Å². The van der Waals surface area contributed by atoms with Crippen molar-refractivity contribution in [2.24, 2.45) is 0 Å². The minimum Gasteiger partial charge on any atom is -0.377 e. The van der Waals surface area contributed by atoms with Gasteiger partial charge in [-0.15, -0.1) is 5.10 Å². The number of pyridine rings is 1. The Morgan fingerprint density at radius 1 is 1.26 bits per heavy atom. The second-order valence-corrected chi connectivity index (χ2v) is 10.3. The van der Waals surface area contributed by atoms with Gasteiger partial charge >= 0.3 is 0 Å². The first-order valence-corrected chi connectivity index (χ1v) is 12.4. The molecule has 0 aliphatic carbocycles. The van der Waals surface area contributed by atoms with Crippen molar-refractivity contribution in [1.29, 1.82) is 0 Å². The Balaban J connectivity index is 1.48. The molecular formula is C28H36N6O. The van der Waals surface area contributed by atoms with Crippen molar-refractivity contribution >= 4 is 5.91 Å². The molecule has 1 saturated heterocycles. The molecule has 1 aliphatic rings. The third-order valence-corrected chi connectivity index (χ3v) is 6.61. The smallest absolute Gasteiger partial charge is 0.273 e. The third-order valence-electron chi connectivity index (χ3n) is 6.61. The number of carbonyl (C=O) groups is 1. The number of benzene rings is 1. The van der Waals surface area contributed by atoms with Gasteiger partial charge in [0.2, 0.25) is 0 Å². The van der Waals surface area contributed by atoms with Gasteiger partial charge in [-0.2, -0.15) is 0 Å². The Hall–Kier alpha value is -3.48. The largest absolute Gasteiger partial charge is 0.377 e. The van der Waals surface area contributed by atoms with Gasteiger partial charge in [0.25, 0.3) is 5.91 Å². The van der Waals surface area contributed by atoms with Crippen LogP contribution in [0.3, 0.4) is 0 Å². The number of aryl methyl sites for hydroxylation is 1. The molecule has 3 heterocycles. The number of likely N-dealkylation sites (tertiary alicyclic amines) is 1. The van der Waals surface area contributed by atoms with Crippen molar-refractivity contribution in [2.45, 2.75) is 65.5 Å². The summed E-state index contributed by atoms with van der Waals surface area (Å²) in [6.45, 7) is 12.8. The van der Waals surface area contributed by atoms with E-state index in [1.54, 1.807) is 10.9 Å². The molecule has 0 spiro atoms. The summed E-state index contributed by atoms with van der Waals surface area (Å²) in [5.41, 5.74) is 6.07. The molecule has 184 valence electrons. The molecule has 1 aromatic carbocycles. The van der Waals surface area contributed by atoms with E-state index in [1.807, 2.05) is 33.2 Å². The number of allylic oxidation sites excluding steroid dienone is 1. The highest BCUT2D eigenvalue weighted by Crippen LogP contribution is 2.34. The van der Waals surface area contributed by atoms with Crippen LogP contribution >= 0.6 is 0 Å². The highest BCUT2D eigenvalue weighted by atomic mass is 16.2. The van der Waals surface area contributed by atoms with Crippen molar-refractivity contribution in [3.8, 4) is 11.1 Å². The second kappa shape index (κ2) is 10.4. The molecule has 0 bridgehead atoms. The predicted molar refractivity (Wildman–Crippen MR) is 139 cm³/mol. The summed E-state index contributed by atoms with van der Waals surface area (Å²) in [5, 5.41) is 11.1. The number of rotatable bonds is 6.